The van der Waals surface area contributed by atoms with Gasteiger partial charge in [0.15, 0.2) is 0 Å². The van der Waals surface area contributed by atoms with Crippen LogP contribution in [-0.4, -0.2) is 0 Å². The lowest BCUT2D eigenvalue weighted by Gasteiger charge is -2.16. The number of hydrogen-bond donors (Lipinski definition) is 0. The van der Waals surface area contributed by atoms with Crippen LogP contribution in [0.1, 0.15) is 0 Å². The standard InChI is InChI=1S/C42H24S/c1-4-13-30-27(10-1)28-11-2-5-14-31(28)38-24-40-36-22-25(26-17-9-18-35-34-16-7-8-19-41(34)43-42(26)35)20-21-33(36)29-12-3-6-15-32(29)39(40)23-37(30)38/h1-24H. The predicted molar refractivity (Wildman–Crippen MR) is 190 cm³/mol. The first kappa shape index (κ1) is 23.3. The Morgan fingerprint density at radius 1 is 0.279 bits per heavy atom. The summed E-state index contributed by atoms with van der Waals surface area (Å²) < 4.78 is 2.70. The SMILES string of the molecule is c1ccc2c(c1)sc1c(-c3ccc4c5ccccc5c5cc6c7ccccc7c7ccccc7c6cc5c4c3)cccc12. The Morgan fingerprint density at radius 3 is 1.28 bits per heavy atom. The van der Waals surface area contributed by atoms with Crippen LogP contribution in [0.25, 0.3) is 95.9 Å². The predicted octanol–water partition coefficient (Wildman–Crippen LogP) is 12.6. The van der Waals surface area contributed by atoms with Gasteiger partial charge >= 0.3 is 0 Å². The monoisotopic (exact) mass is 560 g/mol. The second kappa shape index (κ2) is 8.64. The molecule has 0 N–H and O–H groups in total. The van der Waals surface area contributed by atoms with Crippen LogP contribution >= 0.6 is 11.3 Å². The van der Waals surface area contributed by atoms with Gasteiger partial charge in [0.1, 0.15) is 0 Å². The summed E-state index contributed by atoms with van der Waals surface area (Å²) in [4.78, 5) is 0. The van der Waals surface area contributed by atoms with E-state index < -0.39 is 0 Å². The minimum absolute atomic E-state index is 1.27. The van der Waals surface area contributed by atoms with Crippen molar-refractivity contribution in [3.05, 3.63) is 146 Å². The van der Waals surface area contributed by atoms with E-state index in [1.54, 1.807) is 0 Å². The fourth-order valence-corrected chi connectivity index (χ4v) is 8.73. The third-order valence-corrected chi connectivity index (χ3v) is 10.6. The Labute approximate surface area is 252 Å². The van der Waals surface area contributed by atoms with Gasteiger partial charge in [-0.05, 0) is 100 Å². The van der Waals surface area contributed by atoms with Gasteiger partial charge < -0.3 is 0 Å². The smallest absolute Gasteiger partial charge is 0.0433 e. The highest BCUT2D eigenvalue weighted by Gasteiger charge is 2.16. The van der Waals surface area contributed by atoms with Crippen LogP contribution in [-0.2, 0) is 0 Å². The lowest BCUT2D eigenvalue weighted by atomic mass is 9.88. The van der Waals surface area contributed by atoms with Crippen LogP contribution in [0.15, 0.2) is 146 Å². The molecular weight excluding hydrogens is 537 g/mol. The molecule has 0 fully saturated rings. The summed E-state index contributed by atoms with van der Waals surface area (Å²) >= 11 is 1.90. The zero-order valence-corrected chi connectivity index (χ0v) is 24.1. The minimum Gasteiger partial charge on any atom is -0.135 e. The van der Waals surface area contributed by atoms with E-state index in [0.717, 1.165) is 0 Å². The molecule has 10 aromatic rings. The molecule has 0 aliphatic carbocycles. The molecule has 43 heavy (non-hydrogen) atoms. The minimum atomic E-state index is 1.27. The van der Waals surface area contributed by atoms with E-state index in [1.807, 2.05) is 11.3 Å². The van der Waals surface area contributed by atoms with Crippen molar-refractivity contribution < 1.29 is 0 Å². The molecule has 0 radical (unpaired) electrons. The summed E-state index contributed by atoms with van der Waals surface area (Å²) in [7, 11) is 0. The molecule has 198 valence electrons. The summed E-state index contributed by atoms with van der Waals surface area (Å²) in [6, 6.07) is 54.2. The third kappa shape index (κ3) is 3.20. The molecule has 9 aromatic carbocycles. The first-order valence-corrected chi connectivity index (χ1v) is 15.7. The van der Waals surface area contributed by atoms with Gasteiger partial charge in [-0.1, -0.05) is 121 Å². The van der Waals surface area contributed by atoms with Gasteiger partial charge in [-0.2, -0.15) is 0 Å². The van der Waals surface area contributed by atoms with Crippen molar-refractivity contribution in [1.82, 2.24) is 0 Å². The fourth-order valence-electron chi connectivity index (χ4n) is 7.49. The number of hydrogen-bond acceptors (Lipinski definition) is 1. The van der Waals surface area contributed by atoms with E-state index >= 15 is 0 Å². The molecule has 0 bridgehead atoms. The summed E-state index contributed by atoms with van der Waals surface area (Å²) in [5.74, 6) is 0. The zero-order valence-electron chi connectivity index (χ0n) is 23.3. The molecule has 0 amide bonds. The first-order valence-electron chi connectivity index (χ1n) is 14.9. The lowest BCUT2D eigenvalue weighted by molar-refractivity contribution is 1.73. The van der Waals surface area contributed by atoms with Crippen LogP contribution in [0.3, 0.4) is 0 Å². The number of rotatable bonds is 1. The van der Waals surface area contributed by atoms with Gasteiger partial charge in [0.05, 0.1) is 0 Å². The quantitative estimate of drug-likeness (QED) is 0.138. The molecule has 1 heteroatoms. The highest BCUT2D eigenvalue weighted by Crippen LogP contribution is 2.44. The van der Waals surface area contributed by atoms with E-state index in [4.69, 9.17) is 0 Å². The molecule has 1 aromatic heterocycles. The lowest BCUT2D eigenvalue weighted by Crippen LogP contribution is -1.88. The molecule has 0 aliphatic rings. The van der Waals surface area contributed by atoms with Crippen LogP contribution in [0, 0.1) is 0 Å². The molecular formula is C42H24S. The maximum atomic E-state index is 2.47. The molecule has 0 atom stereocenters. The molecule has 0 saturated heterocycles. The van der Waals surface area contributed by atoms with Gasteiger partial charge in [0, 0.05) is 20.2 Å². The molecule has 0 unspecified atom stereocenters. The Kier molecular flexibility index (Phi) is 4.69. The summed E-state index contributed by atoms with van der Waals surface area (Å²) in [5.41, 5.74) is 2.57. The summed E-state index contributed by atoms with van der Waals surface area (Å²) in [5, 5.41) is 18.4. The van der Waals surface area contributed by atoms with E-state index in [2.05, 4.69) is 146 Å². The highest BCUT2D eigenvalue weighted by atomic mass is 32.1. The van der Waals surface area contributed by atoms with Crippen molar-refractivity contribution >= 4 is 96.1 Å². The maximum absolute atomic E-state index is 2.47. The van der Waals surface area contributed by atoms with E-state index in [-0.39, 0.29) is 0 Å². The topological polar surface area (TPSA) is 0 Å². The highest BCUT2D eigenvalue weighted by molar-refractivity contribution is 7.26. The first-order chi connectivity index (χ1) is 21.3. The van der Waals surface area contributed by atoms with Gasteiger partial charge in [-0.15, -0.1) is 11.3 Å². The van der Waals surface area contributed by atoms with Gasteiger partial charge in [-0.25, -0.2) is 0 Å². The average molecular weight is 561 g/mol. The molecule has 0 saturated carbocycles. The van der Waals surface area contributed by atoms with E-state index in [9.17, 15) is 0 Å². The molecule has 0 aliphatic heterocycles. The van der Waals surface area contributed by atoms with E-state index in [0.29, 0.717) is 0 Å². The van der Waals surface area contributed by atoms with Crippen LogP contribution in [0.5, 0.6) is 0 Å². The zero-order chi connectivity index (χ0) is 28.1. The normalized spacial score (nSPS) is 12.2. The molecule has 0 nitrogen and oxygen atoms in total. The largest absolute Gasteiger partial charge is 0.135 e. The number of benzene rings is 9. The Balaban J connectivity index is 1.38. The van der Waals surface area contributed by atoms with Gasteiger partial charge in [0.25, 0.3) is 0 Å². The van der Waals surface area contributed by atoms with Gasteiger partial charge in [0.2, 0.25) is 0 Å². The summed E-state index contributed by atoms with van der Waals surface area (Å²) in [6.45, 7) is 0. The Hall–Kier alpha value is -5.24. The second-order valence-electron chi connectivity index (χ2n) is 11.6. The summed E-state index contributed by atoms with van der Waals surface area (Å²) in [6.07, 6.45) is 0. The average Bonchev–Trinajstić information content (AvgIpc) is 3.47. The number of thiophene rings is 1. The van der Waals surface area contributed by atoms with Crippen LogP contribution in [0.4, 0.5) is 0 Å². The van der Waals surface area contributed by atoms with Crippen LogP contribution in [0.2, 0.25) is 0 Å². The van der Waals surface area contributed by atoms with Crippen molar-refractivity contribution in [3.63, 3.8) is 0 Å². The van der Waals surface area contributed by atoms with Crippen molar-refractivity contribution in [3.8, 4) is 11.1 Å². The van der Waals surface area contributed by atoms with Crippen molar-refractivity contribution in [2.45, 2.75) is 0 Å². The number of fused-ring (bicyclic) bond motifs is 15. The maximum Gasteiger partial charge on any atom is 0.0433 e. The molecule has 0 spiro atoms. The van der Waals surface area contributed by atoms with Gasteiger partial charge in [-0.3, -0.25) is 0 Å². The Bertz CT molecular complexity index is 2780. The second-order valence-corrected chi connectivity index (χ2v) is 12.7. The molecule has 1 heterocycles. The molecule has 10 rings (SSSR count). The third-order valence-electron chi connectivity index (χ3n) is 9.41. The fraction of sp³-hybridized carbons (Fsp3) is 0. The van der Waals surface area contributed by atoms with Crippen molar-refractivity contribution in [2.75, 3.05) is 0 Å². The Morgan fingerprint density at radius 2 is 0.698 bits per heavy atom. The van der Waals surface area contributed by atoms with Crippen molar-refractivity contribution in [1.29, 1.82) is 0 Å². The van der Waals surface area contributed by atoms with E-state index in [1.165, 1.54) is 95.9 Å². The van der Waals surface area contributed by atoms with Crippen molar-refractivity contribution in [2.24, 2.45) is 0 Å². The van der Waals surface area contributed by atoms with Crippen LogP contribution < -0.4 is 0 Å².